The average Bonchev–Trinajstić information content (AvgIpc) is 2.68. The van der Waals surface area contributed by atoms with E-state index in [2.05, 4.69) is 23.2 Å². The SMILES string of the molecule is CCc1ccccc1NC(=S)N1CCN(C(=O)c2ccccc2Cl)CC1. The average molecular weight is 388 g/mol. The van der Waals surface area contributed by atoms with Crippen LogP contribution in [0.3, 0.4) is 0 Å². The number of benzene rings is 2. The number of aryl methyl sites for hydroxylation is 1. The zero-order valence-corrected chi connectivity index (χ0v) is 16.3. The fourth-order valence-electron chi connectivity index (χ4n) is 3.06. The van der Waals surface area contributed by atoms with E-state index < -0.39 is 0 Å². The Hall–Kier alpha value is -2.11. The molecular weight excluding hydrogens is 366 g/mol. The number of nitrogens with zero attached hydrogens (tertiary/aromatic N) is 2. The monoisotopic (exact) mass is 387 g/mol. The Labute approximate surface area is 164 Å². The highest BCUT2D eigenvalue weighted by molar-refractivity contribution is 7.80. The van der Waals surface area contributed by atoms with Gasteiger partial charge in [0.1, 0.15) is 0 Å². The maximum atomic E-state index is 12.6. The van der Waals surface area contributed by atoms with Crippen molar-refractivity contribution in [1.29, 1.82) is 0 Å². The number of thiocarbonyl (C=S) groups is 1. The van der Waals surface area contributed by atoms with Crippen LogP contribution in [0.5, 0.6) is 0 Å². The van der Waals surface area contributed by atoms with E-state index in [0.717, 1.165) is 12.1 Å². The van der Waals surface area contributed by atoms with Crippen LogP contribution in [-0.2, 0) is 6.42 Å². The van der Waals surface area contributed by atoms with Crippen LogP contribution in [0.15, 0.2) is 48.5 Å². The van der Waals surface area contributed by atoms with Crippen molar-refractivity contribution in [2.75, 3.05) is 31.5 Å². The molecule has 2 aromatic rings. The van der Waals surface area contributed by atoms with Gasteiger partial charge >= 0.3 is 0 Å². The van der Waals surface area contributed by atoms with Gasteiger partial charge in [-0.05, 0) is 42.4 Å². The van der Waals surface area contributed by atoms with Crippen molar-refractivity contribution < 1.29 is 4.79 Å². The highest BCUT2D eigenvalue weighted by Crippen LogP contribution is 2.19. The molecule has 0 bridgehead atoms. The van der Waals surface area contributed by atoms with Gasteiger partial charge in [-0.25, -0.2) is 0 Å². The van der Waals surface area contributed by atoms with Crippen LogP contribution in [0.4, 0.5) is 5.69 Å². The third-order valence-corrected chi connectivity index (χ3v) is 5.29. The van der Waals surface area contributed by atoms with E-state index in [4.69, 9.17) is 23.8 Å². The van der Waals surface area contributed by atoms with Crippen molar-refractivity contribution in [3.63, 3.8) is 0 Å². The van der Waals surface area contributed by atoms with E-state index >= 15 is 0 Å². The molecule has 1 saturated heterocycles. The summed E-state index contributed by atoms with van der Waals surface area (Å²) in [5.41, 5.74) is 2.84. The molecule has 0 saturated carbocycles. The second-order valence-corrected chi connectivity index (χ2v) is 6.99. The predicted octanol–water partition coefficient (Wildman–Crippen LogP) is 4.06. The molecule has 1 heterocycles. The first-order chi connectivity index (χ1) is 12.6. The van der Waals surface area contributed by atoms with Crippen molar-refractivity contribution in [2.24, 2.45) is 0 Å². The van der Waals surface area contributed by atoms with E-state index in [9.17, 15) is 4.79 Å². The van der Waals surface area contributed by atoms with Gasteiger partial charge in [0.05, 0.1) is 10.6 Å². The van der Waals surface area contributed by atoms with Crippen LogP contribution in [0.2, 0.25) is 5.02 Å². The van der Waals surface area contributed by atoms with Crippen LogP contribution < -0.4 is 5.32 Å². The zero-order valence-electron chi connectivity index (χ0n) is 14.7. The molecule has 6 heteroatoms. The van der Waals surface area contributed by atoms with Crippen LogP contribution in [0.1, 0.15) is 22.8 Å². The van der Waals surface area contributed by atoms with E-state index in [1.165, 1.54) is 5.56 Å². The number of carbonyl (C=O) groups is 1. The smallest absolute Gasteiger partial charge is 0.255 e. The fourth-order valence-corrected chi connectivity index (χ4v) is 3.57. The zero-order chi connectivity index (χ0) is 18.5. The summed E-state index contributed by atoms with van der Waals surface area (Å²) >= 11 is 11.7. The summed E-state index contributed by atoms with van der Waals surface area (Å²) in [6.45, 7) is 4.79. The quantitative estimate of drug-likeness (QED) is 0.806. The molecule has 1 aliphatic heterocycles. The number of halogens is 1. The van der Waals surface area contributed by atoms with Gasteiger partial charge in [0.15, 0.2) is 5.11 Å². The van der Waals surface area contributed by atoms with Crippen LogP contribution in [0.25, 0.3) is 0 Å². The Bertz CT molecular complexity index is 803. The first-order valence-electron chi connectivity index (χ1n) is 8.77. The molecule has 1 fully saturated rings. The number of nitrogens with one attached hydrogen (secondary N) is 1. The van der Waals surface area contributed by atoms with Gasteiger partial charge < -0.3 is 15.1 Å². The van der Waals surface area contributed by atoms with Gasteiger partial charge in [-0.3, -0.25) is 4.79 Å². The Morgan fingerprint density at radius 1 is 1.04 bits per heavy atom. The number of hydrogen-bond donors (Lipinski definition) is 1. The molecule has 2 aromatic carbocycles. The standard InChI is InChI=1S/C20H22ClN3OS/c1-2-15-7-3-6-10-18(15)22-20(26)24-13-11-23(12-14-24)19(25)16-8-4-5-9-17(16)21/h3-10H,2,11-14H2,1H3,(H,22,26). The molecule has 4 nitrogen and oxygen atoms in total. The van der Waals surface area contributed by atoms with Crippen LogP contribution in [0, 0.1) is 0 Å². The molecule has 136 valence electrons. The maximum absolute atomic E-state index is 12.6. The molecule has 1 amide bonds. The van der Waals surface area contributed by atoms with Gasteiger partial charge in [0, 0.05) is 31.9 Å². The molecule has 3 rings (SSSR count). The third-order valence-electron chi connectivity index (χ3n) is 4.60. The first-order valence-corrected chi connectivity index (χ1v) is 9.56. The second kappa shape index (κ2) is 8.52. The summed E-state index contributed by atoms with van der Waals surface area (Å²) in [6.07, 6.45) is 0.950. The molecule has 0 aliphatic carbocycles. The second-order valence-electron chi connectivity index (χ2n) is 6.20. The minimum absolute atomic E-state index is 0.0227. The van der Waals surface area contributed by atoms with E-state index in [-0.39, 0.29) is 5.91 Å². The molecule has 0 atom stereocenters. The normalized spacial score (nSPS) is 14.2. The molecule has 1 aliphatic rings. The van der Waals surface area contributed by atoms with Crippen molar-refractivity contribution in [1.82, 2.24) is 9.80 Å². The lowest BCUT2D eigenvalue weighted by Gasteiger charge is -2.36. The number of amides is 1. The van der Waals surface area contributed by atoms with Gasteiger partial charge in [-0.2, -0.15) is 0 Å². The number of piperazine rings is 1. The Morgan fingerprint density at radius 2 is 1.65 bits per heavy atom. The molecule has 0 unspecified atom stereocenters. The van der Waals surface area contributed by atoms with Crippen molar-refractivity contribution in [2.45, 2.75) is 13.3 Å². The highest BCUT2D eigenvalue weighted by Gasteiger charge is 2.24. The Morgan fingerprint density at radius 3 is 2.35 bits per heavy atom. The molecule has 0 aromatic heterocycles. The van der Waals surface area contributed by atoms with Gasteiger partial charge in [-0.15, -0.1) is 0 Å². The van der Waals surface area contributed by atoms with E-state index in [1.807, 2.05) is 35.2 Å². The minimum Gasteiger partial charge on any atom is -0.345 e. The molecule has 0 spiro atoms. The maximum Gasteiger partial charge on any atom is 0.255 e. The fraction of sp³-hybridized carbons (Fsp3) is 0.300. The number of hydrogen-bond acceptors (Lipinski definition) is 2. The van der Waals surface area contributed by atoms with Gasteiger partial charge in [0.2, 0.25) is 0 Å². The Kier molecular flexibility index (Phi) is 6.12. The summed E-state index contributed by atoms with van der Waals surface area (Å²) in [4.78, 5) is 16.6. The summed E-state index contributed by atoms with van der Waals surface area (Å²) in [5, 5.41) is 4.55. The van der Waals surface area contributed by atoms with Crippen molar-refractivity contribution in [3.8, 4) is 0 Å². The largest absolute Gasteiger partial charge is 0.345 e. The molecule has 1 N–H and O–H groups in total. The number of carbonyl (C=O) groups excluding carboxylic acids is 1. The summed E-state index contributed by atoms with van der Waals surface area (Å²) in [7, 11) is 0. The Balaban J connectivity index is 1.59. The van der Waals surface area contributed by atoms with Crippen molar-refractivity contribution in [3.05, 3.63) is 64.7 Å². The predicted molar refractivity (Wildman–Crippen MR) is 111 cm³/mol. The summed E-state index contributed by atoms with van der Waals surface area (Å²) in [5.74, 6) is -0.0227. The van der Waals surface area contributed by atoms with E-state index in [0.29, 0.717) is 41.9 Å². The molecule has 26 heavy (non-hydrogen) atoms. The van der Waals surface area contributed by atoms with E-state index in [1.54, 1.807) is 12.1 Å². The van der Waals surface area contributed by atoms with Gasteiger partial charge in [-0.1, -0.05) is 48.9 Å². The van der Waals surface area contributed by atoms with Crippen molar-refractivity contribution >= 4 is 40.5 Å². The summed E-state index contributed by atoms with van der Waals surface area (Å²) < 4.78 is 0. The lowest BCUT2D eigenvalue weighted by Crippen LogP contribution is -2.51. The van der Waals surface area contributed by atoms with Gasteiger partial charge in [0.25, 0.3) is 5.91 Å². The minimum atomic E-state index is -0.0227. The third kappa shape index (κ3) is 4.17. The first kappa shape index (κ1) is 18.7. The number of rotatable bonds is 3. The van der Waals surface area contributed by atoms with Crippen LogP contribution >= 0.6 is 23.8 Å². The lowest BCUT2D eigenvalue weighted by molar-refractivity contribution is 0.0693. The highest BCUT2D eigenvalue weighted by atomic mass is 35.5. The van der Waals surface area contributed by atoms with Crippen LogP contribution in [-0.4, -0.2) is 47.0 Å². The summed E-state index contributed by atoms with van der Waals surface area (Å²) in [6, 6.07) is 15.4. The number of anilines is 1. The molecule has 0 radical (unpaired) electrons. The topological polar surface area (TPSA) is 35.6 Å². The lowest BCUT2D eigenvalue weighted by atomic mass is 10.1. The number of para-hydroxylation sites is 1. The molecular formula is C20H22ClN3OS.